The van der Waals surface area contributed by atoms with E-state index < -0.39 is 70.8 Å². The molecule has 0 aromatic carbocycles. The van der Waals surface area contributed by atoms with Gasteiger partial charge in [0, 0.05) is 0 Å². The Hall–Kier alpha value is -2.92. The van der Waals surface area contributed by atoms with Gasteiger partial charge in [-0.3, -0.25) is 4.79 Å². The third-order valence-electron chi connectivity index (χ3n) is 4.00. The Labute approximate surface area is 225 Å². The number of alkyl halides is 1. The topological polar surface area (TPSA) is 129 Å². The molecule has 2 atom stereocenters. The first-order valence-corrected chi connectivity index (χ1v) is 12.3. The van der Waals surface area contributed by atoms with Gasteiger partial charge in [0.1, 0.15) is 28.4 Å². The number of carbonyl (C=O) groups is 5. The molecule has 0 heterocycles. The van der Waals surface area contributed by atoms with Crippen LogP contribution in [0.5, 0.6) is 0 Å². The predicted octanol–water partition coefficient (Wildman–Crippen LogP) is 5.58. The normalized spacial score (nSPS) is 14.2. The number of rotatable bonds is 5. The van der Waals surface area contributed by atoms with Crippen LogP contribution in [-0.4, -0.2) is 74.7 Å². The molecular formula is C26H45FN2O9. The number of ether oxygens (including phenoxy) is 4. The van der Waals surface area contributed by atoms with Crippen LogP contribution < -0.4 is 0 Å². The molecular weight excluding hydrogens is 503 g/mol. The quantitative estimate of drug-likeness (QED) is 0.245. The van der Waals surface area contributed by atoms with Gasteiger partial charge in [0.05, 0.1) is 0 Å². The van der Waals surface area contributed by atoms with Crippen molar-refractivity contribution in [1.29, 1.82) is 0 Å². The molecule has 0 aromatic heterocycles. The maximum absolute atomic E-state index is 15.6. The number of imide groups is 2. The number of nitrogens with zero attached hydrogens (tertiary/aromatic N) is 2. The second-order valence-electron chi connectivity index (χ2n) is 13.1. The van der Waals surface area contributed by atoms with E-state index >= 15 is 4.39 Å². The van der Waals surface area contributed by atoms with Crippen molar-refractivity contribution >= 4 is 30.2 Å². The van der Waals surface area contributed by atoms with Gasteiger partial charge in [-0.1, -0.05) is 13.8 Å². The first-order chi connectivity index (χ1) is 16.7. The second-order valence-corrected chi connectivity index (χ2v) is 13.1. The molecule has 220 valence electrons. The summed E-state index contributed by atoms with van der Waals surface area (Å²) < 4.78 is 36.4. The van der Waals surface area contributed by atoms with E-state index in [1.165, 1.54) is 96.9 Å². The molecule has 0 aromatic rings. The Kier molecular flexibility index (Phi) is 11.3. The number of amides is 4. The Bertz CT molecular complexity index is 862. The zero-order valence-electron chi connectivity index (χ0n) is 25.2. The molecule has 0 aliphatic heterocycles. The standard InChI is InChI=1S/C26H45FN2O9/c1-15(2)16(28(20(32)36-24(6,7)8)21(33)37-25(9,10)11)18(30)29(22(34)38-26(12,13)14)17(27)19(31)35-23(3,4)5/h15-17H,1-14H3/t16-,17?/m0/s1. The van der Waals surface area contributed by atoms with E-state index in [1.54, 1.807) is 0 Å². The van der Waals surface area contributed by atoms with Gasteiger partial charge in [0.2, 0.25) is 0 Å². The van der Waals surface area contributed by atoms with E-state index in [-0.39, 0.29) is 4.90 Å². The van der Waals surface area contributed by atoms with Gasteiger partial charge in [-0.15, -0.1) is 0 Å². The summed E-state index contributed by atoms with van der Waals surface area (Å²) in [5.41, 5.74) is -4.52. The molecule has 0 aliphatic carbocycles. The van der Waals surface area contributed by atoms with Crippen molar-refractivity contribution in [1.82, 2.24) is 9.80 Å². The number of halogens is 1. The van der Waals surface area contributed by atoms with Crippen LogP contribution in [0.1, 0.15) is 96.9 Å². The molecule has 0 saturated heterocycles. The van der Waals surface area contributed by atoms with Crippen molar-refractivity contribution < 1.29 is 47.3 Å². The van der Waals surface area contributed by atoms with Crippen molar-refractivity contribution in [3.8, 4) is 0 Å². The zero-order chi connectivity index (χ0) is 30.6. The molecule has 12 heteroatoms. The summed E-state index contributed by atoms with van der Waals surface area (Å²) in [6.07, 6.45) is -7.00. The molecule has 38 heavy (non-hydrogen) atoms. The zero-order valence-corrected chi connectivity index (χ0v) is 25.2. The average Bonchev–Trinajstić information content (AvgIpc) is 2.59. The van der Waals surface area contributed by atoms with Crippen LogP contribution in [0, 0.1) is 5.92 Å². The number of esters is 1. The summed E-state index contributed by atoms with van der Waals surface area (Å²) >= 11 is 0. The van der Waals surface area contributed by atoms with Crippen molar-refractivity contribution in [3.05, 3.63) is 0 Å². The number of carbonyl (C=O) groups excluding carboxylic acids is 5. The van der Waals surface area contributed by atoms with Crippen LogP contribution in [0.2, 0.25) is 0 Å². The van der Waals surface area contributed by atoms with Gasteiger partial charge < -0.3 is 18.9 Å². The lowest BCUT2D eigenvalue weighted by atomic mass is 10.0. The summed E-state index contributed by atoms with van der Waals surface area (Å²) in [4.78, 5) is 66.1. The van der Waals surface area contributed by atoms with Gasteiger partial charge in [0.25, 0.3) is 12.2 Å². The van der Waals surface area contributed by atoms with Crippen molar-refractivity contribution in [3.63, 3.8) is 0 Å². The minimum absolute atomic E-state index is 0.0915. The lowest BCUT2D eigenvalue weighted by Gasteiger charge is -2.37. The molecule has 0 fully saturated rings. The fourth-order valence-electron chi connectivity index (χ4n) is 2.82. The van der Waals surface area contributed by atoms with Gasteiger partial charge in [-0.05, 0) is 89.0 Å². The predicted molar refractivity (Wildman–Crippen MR) is 137 cm³/mol. The van der Waals surface area contributed by atoms with Crippen molar-refractivity contribution in [2.75, 3.05) is 0 Å². The number of hydrogen-bond acceptors (Lipinski definition) is 9. The maximum atomic E-state index is 15.6. The van der Waals surface area contributed by atoms with Crippen LogP contribution in [0.4, 0.5) is 18.8 Å². The average molecular weight is 549 g/mol. The highest BCUT2D eigenvalue weighted by Crippen LogP contribution is 2.25. The smallest absolute Gasteiger partial charge is 0.420 e. The van der Waals surface area contributed by atoms with E-state index in [4.69, 9.17) is 18.9 Å². The van der Waals surface area contributed by atoms with Crippen LogP contribution in [0.15, 0.2) is 0 Å². The Morgan fingerprint density at radius 3 is 1.11 bits per heavy atom. The van der Waals surface area contributed by atoms with Crippen LogP contribution in [0.25, 0.3) is 0 Å². The Morgan fingerprint density at radius 2 is 0.842 bits per heavy atom. The third kappa shape index (κ3) is 12.1. The fraction of sp³-hybridized carbons (Fsp3) is 0.808. The first kappa shape index (κ1) is 35.1. The second kappa shape index (κ2) is 12.3. The minimum Gasteiger partial charge on any atom is -0.456 e. The highest BCUT2D eigenvalue weighted by atomic mass is 19.1. The van der Waals surface area contributed by atoms with Gasteiger partial charge in [0.15, 0.2) is 0 Å². The minimum atomic E-state index is -2.95. The molecule has 11 nitrogen and oxygen atoms in total. The van der Waals surface area contributed by atoms with E-state index in [9.17, 15) is 24.0 Å². The Balaban J connectivity index is 6.90. The molecule has 1 unspecified atom stereocenters. The van der Waals surface area contributed by atoms with E-state index in [2.05, 4.69) is 0 Å². The summed E-state index contributed by atoms with van der Waals surface area (Å²) in [5, 5.41) is 0. The highest BCUT2D eigenvalue weighted by molar-refractivity contribution is 6.03. The Morgan fingerprint density at radius 1 is 0.553 bits per heavy atom. The SMILES string of the molecule is CC(C)[C@@H](C(=O)N(C(=O)OC(C)(C)C)C(F)C(=O)OC(C)(C)C)N(C(=O)OC(C)(C)C)C(=O)OC(C)(C)C. The van der Waals surface area contributed by atoms with Crippen LogP contribution >= 0.6 is 0 Å². The lowest BCUT2D eigenvalue weighted by Crippen LogP contribution is -2.61. The van der Waals surface area contributed by atoms with E-state index in [0.29, 0.717) is 4.90 Å². The molecule has 4 amide bonds. The van der Waals surface area contributed by atoms with Crippen LogP contribution in [-0.2, 0) is 28.5 Å². The van der Waals surface area contributed by atoms with Crippen molar-refractivity contribution in [2.24, 2.45) is 5.92 Å². The van der Waals surface area contributed by atoms with Crippen molar-refractivity contribution in [2.45, 2.75) is 132 Å². The van der Waals surface area contributed by atoms with Crippen LogP contribution in [0.3, 0.4) is 0 Å². The molecule has 0 bridgehead atoms. The lowest BCUT2D eigenvalue weighted by molar-refractivity contribution is -0.173. The molecule has 0 aliphatic rings. The molecule has 0 N–H and O–H groups in total. The molecule has 0 spiro atoms. The summed E-state index contributed by atoms with van der Waals surface area (Å²) in [6, 6.07) is -1.83. The van der Waals surface area contributed by atoms with Gasteiger partial charge in [-0.25, -0.2) is 28.5 Å². The largest absolute Gasteiger partial charge is 0.456 e. The van der Waals surface area contributed by atoms with Gasteiger partial charge >= 0.3 is 24.2 Å². The summed E-state index contributed by atoms with van der Waals surface area (Å²) in [6.45, 7) is 21.0. The summed E-state index contributed by atoms with van der Waals surface area (Å²) in [7, 11) is 0. The first-order valence-electron chi connectivity index (χ1n) is 12.3. The third-order valence-corrected chi connectivity index (χ3v) is 4.00. The summed E-state index contributed by atoms with van der Waals surface area (Å²) in [5.74, 6) is -3.84. The molecule has 0 radical (unpaired) electrons. The monoisotopic (exact) mass is 548 g/mol. The van der Waals surface area contributed by atoms with E-state index in [1.807, 2.05) is 0 Å². The number of hydrogen-bond donors (Lipinski definition) is 0. The fourth-order valence-corrected chi connectivity index (χ4v) is 2.82. The highest BCUT2D eigenvalue weighted by Gasteiger charge is 2.49. The maximum Gasteiger partial charge on any atom is 0.420 e. The van der Waals surface area contributed by atoms with Gasteiger partial charge in [-0.2, -0.15) is 4.90 Å². The molecule has 0 saturated carbocycles. The van der Waals surface area contributed by atoms with E-state index in [0.717, 1.165) is 0 Å². The molecule has 0 rings (SSSR count).